The molecule has 0 aliphatic heterocycles. The molecule has 1 amide bonds. The van der Waals surface area contributed by atoms with Crippen LogP contribution in [0.5, 0.6) is 0 Å². The van der Waals surface area contributed by atoms with Crippen molar-refractivity contribution in [3.8, 4) is 10.4 Å². The van der Waals surface area contributed by atoms with Crippen LogP contribution in [0.1, 0.15) is 4.88 Å². The Morgan fingerprint density at radius 1 is 1.20 bits per heavy atom. The average Bonchev–Trinajstić information content (AvgIpc) is 2.92. The van der Waals surface area contributed by atoms with E-state index in [9.17, 15) is 4.79 Å². The fourth-order valence-corrected chi connectivity index (χ4v) is 2.74. The number of nitrogens with two attached hydrogens (primary N) is 1. The number of ether oxygens (including phenoxy) is 1. The van der Waals surface area contributed by atoms with Gasteiger partial charge in [0, 0.05) is 22.8 Å². The van der Waals surface area contributed by atoms with Crippen molar-refractivity contribution in [1.29, 1.82) is 0 Å². The molecule has 0 saturated heterocycles. The molecule has 20 heavy (non-hydrogen) atoms. The van der Waals surface area contributed by atoms with Gasteiger partial charge in [-0.2, -0.15) is 0 Å². The summed E-state index contributed by atoms with van der Waals surface area (Å²) in [5, 5.41) is 3.27. The zero-order valence-electron chi connectivity index (χ0n) is 11.2. The summed E-state index contributed by atoms with van der Waals surface area (Å²) in [5.74, 6) is -0.434. The van der Waals surface area contributed by atoms with Crippen LogP contribution in [0.25, 0.3) is 10.4 Å². The van der Waals surface area contributed by atoms with Gasteiger partial charge in [-0.3, -0.25) is 4.79 Å². The molecule has 4 nitrogen and oxygen atoms in total. The van der Waals surface area contributed by atoms with E-state index in [0.29, 0.717) is 13.2 Å². The van der Waals surface area contributed by atoms with Crippen molar-refractivity contribution in [3.63, 3.8) is 0 Å². The van der Waals surface area contributed by atoms with Crippen molar-refractivity contribution >= 4 is 17.2 Å². The Hall–Kier alpha value is -1.69. The van der Waals surface area contributed by atoms with Gasteiger partial charge in [0.15, 0.2) is 0 Å². The average molecular weight is 290 g/mol. The van der Waals surface area contributed by atoms with Crippen molar-refractivity contribution in [2.75, 3.05) is 19.8 Å². The summed E-state index contributed by atoms with van der Waals surface area (Å²) in [6.45, 7) is 1.97. The molecule has 0 aliphatic rings. The Balaban J connectivity index is 1.72. The normalized spacial score (nSPS) is 10.6. The number of carbonyl (C=O) groups is 1. The Labute approximate surface area is 122 Å². The lowest BCUT2D eigenvalue weighted by molar-refractivity contribution is -0.122. The highest BCUT2D eigenvalue weighted by atomic mass is 32.1. The largest absolute Gasteiger partial charge is 0.370 e. The molecular formula is C15H18N2O2S. The molecule has 0 spiro atoms. The number of nitrogens with one attached hydrogen (secondary N) is 1. The zero-order chi connectivity index (χ0) is 14.2. The second-order valence-corrected chi connectivity index (χ2v) is 5.50. The van der Waals surface area contributed by atoms with Crippen LogP contribution in [-0.4, -0.2) is 25.7 Å². The first-order valence-corrected chi connectivity index (χ1v) is 7.28. The first-order valence-electron chi connectivity index (χ1n) is 6.46. The molecule has 0 bridgehead atoms. The molecule has 2 aromatic rings. The highest BCUT2D eigenvalue weighted by Crippen LogP contribution is 2.27. The third-order valence-electron chi connectivity index (χ3n) is 2.69. The topological polar surface area (TPSA) is 64.4 Å². The number of amides is 1. The number of hydrogen-bond donors (Lipinski definition) is 2. The molecule has 0 unspecified atom stereocenters. The standard InChI is InChI=1S/C15H18N2O2S/c16-15(18)11-19-9-8-17-10-13-6-7-14(20-13)12-4-2-1-3-5-12/h1-7,17H,8-11H2,(H2,16,18). The summed E-state index contributed by atoms with van der Waals surface area (Å²) in [7, 11) is 0. The van der Waals surface area contributed by atoms with Crippen LogP contribution in [0.3, 0.4) is 0 Å². The summed E-state index contributed by atoms with van der Waals surface area (Å²) in [5.41, 5.74) is 6.22. The maximum absolute atomic E-state index is 10.5. The van der Waals surface area contributed by atoms with Crippen LogP contribution in [0.4, 0.5) is 0 Å². The van der Waals surface area contributed by atoms with Gasteiger partial charge < -0.3 is 15.8 Å². The summed E-state index contributed by atoms with van der Waals surface area (Å²) < 4.78 is 5.07. The van der Waals surface area contributed by atoms with Gasteiger partial charge in [0.05, 0.1) is 6.61 Å². The summed E-state index contributed by atoms with van der Waals surface area (Å²) in [6.07, 6.45) is 0. The number of hydrogen-bond acceptors (Lipinski definition) is 4. The van der Waals surface area contributed by atoms with Gasteiger partial charge >= 0.3 is 0 Å². The van der Waals surface area contributed by atoms with Crippen LogP contribution in [-0.2, 0) is 16.1 Å². The van der Waals surface area contributed by atoms with Gasteiger partial charge in [0.1, 0.15) is 6.61 Å². The van der Waals surface area contributed by atoms with E-state index in [1.807, 2.05) is 18.2 Å². The van der Waals surface area contributed by atoms with Crippen molar-refractivity contribution in [3.05, 3.63) is 47.3 Å². The lowest BCUT2D eigenvalue weighted by Gasteiger charge is -2.03. The highest BCUT2D eigenvalue weighted by Gasteiger charge is 2.02. The van der Waals surface area contributed by atoms with Crippen LogP contribution < -0.4 is 11.1 Å². The fourth-order valence-electron chi connectivity index (χ4n) is 1.76. The van der Waals surface area contributed by atoms with E-state index in [1.54, 1.807) is 11.3 Å². The summed E-state index contributed by atoms with van der Waals surface area (Å²) in [4.78, 5) is 13.0. The third-order valence-corrected chi connectivity index (χ3v) is 3.82. The maximum Gasteiger partial charge on any atom is 0.243 e. The van der Waals surface area contributed by atoms with E-state index < -0.39 is 5.91 Å². The molecule has 5 heteroatoms. The molecule has 106 valence electrons. The fraction of sp³-hybridized carbons (Fsp3) is 0.267. The third kappa shape index (κ3) is 4.77. The second-order valence-electron chi connectivity index (χ2n) is 4.33. The molecule has 1 aromatic carbocycles. The van der Waals surface area contributed by atoms with E-state index in [1.165, 1.54) is 15.3 Å². The Morgan fingerprint density at radius 3 is 2.75 bits per heavy atom. The minimum Gasteiger partial charge on any atom is -0.370 e. The monoisotopic (exact) mass is 290 g/mol. The van der Waals surface area contributed by atoms with Gasteiger partial charge in [-0.1, -0.05) is 30.3 Å². The molecule has 0 fully saturated rings. The number of benzene rings is 1. The molecular weight excluding hydrogens is 272 g/mol. The lowest BCUT2D eigenvalue weighted by atomic mass is 10.2. The second kappa shape index (κ2) is 7.79. The van der Waals surface area contributed by atoms with Crippen LogP contribution in [0.15, 0.2) is 42.5 Å². The Morgan fingerprint density at radius 2 is 2.00 bits per heavy atom. The first kappa shape index (κ1) is 14.7. The minimum atomic E-state index is -0.434. The van der Waals surface area contributed by atoms with Gasteiger partial charge in [0.25, 0.3) is 0 Å². The number of carbonyl (C=O) groups excluding carboxylic acids is 1. The Bertz CT molecular complexity index is 540. The lowest BCUT2D eigenvalue weighted by Crippen LogP contribution is -2.23. The van der Waals surface area contributed by atoms with Gasteiger partial charge in [-0.15, -0.1) is 11.3 Å². The zero-order valence-corrected chi connectivity index (χ0v) is 12.0. The smallest absolute Gasteiger partial charge is 0.243 e. The molecule has 0 radical (unpaired) electrons. The molecule has 0 aliphatic carbocycles. The van der Waals surface area contributed by atoms with E-state index in [4.69, 9.17) is 10.5 Å². The van der Waals surface area contributed by atoms with Gasteiger partial charge in [-0.25, -0.2) is 0 Å². The van der Waals surface area contributed by atoms with Crippen molar-refractivity contribution < 1.29 is 9.53 Å². The van der Waals surface area contributed by atoms with E-state index in [0.717, 1.165) is 6.54 Å². The predicted molar refractivity (Wildman–Crippen MR) is 81.5 cm³/mol. The van der Waals surface area contributed by atoms with Crippen LogP contribution >= 0.6 is 11.3 Å². The Kier molecular flexibility index (Phi) is 5.73. The molecule has 1 aromatic heterocycles. The van der Waals surface area contributed by atoms with Crippen LogP contribution in [0.2, 0.25) is 0 Å². The first-order chi connectivity index (χ1) is 9.75. The summed E-state index contributed by atoms with van der Waals surface area (Å²) >= 11 is 1.78. The molecule has 1 heterocycles. The highest BCUT2D eigenvalue weighted by molar-refractivity contribution is 7.15. The van der Waals surface area contributed by atoms with Crippen molar-refractivity contribution in [1.82, 2.24) is 5.32 Å². The molecule has 0 atom stereocenters. The number of rotatable bonds is 8. The summed E-state index contributed by atoms with van der Waals surface area (Å²) in [6, 6.07) is 14.6. The molecule has 0 saturated carbocycles. The van der Waals surface area contributed by atoms with Crippen LogP contribution in [0, 0.1) is 0 Å². The predicted octanol–water partition coefficient (Wildman–Crippen LogP) is 2.01. The van der Waals surface area contributed by atoms with E-state index in [-0.39, 0.29) is 6.61 Å². The van der Waals surface area contributed by atoms with Crippen molar-refractivity contribution in [2.24, 2.45) is 5.73 Å². The van der Waals surface area contributed by atoms with E-state index >= 15 is 0 Å². The SMILES string of the molecule is NC(=O)COCCNCc1ccc(-c2ccccc2)s1. The quantitative estimate of drug-likeness (QED) is 0.731. The molecule has 3 N–H and O–H groups in total. The van der Waals surface area contributed by atoms with Gasteiger partial charge in [0.2, 0.25) is 5.91 Å². The minimum absolute atomic E-state index is 0.0150. The number of thiophene rings is 1. The van der Waals surface area contributed by atoms with E-state index in [2.05, 4.69) is 29.6 Å². The maximum atomic E-state index is 10.5. The number of primary amides is 1. The van der Waals surface area contributed by atoms with Gasteiger partial charge in [-0.05, 0) is 17.7 Å². The van der Waals surface area contributed by atoms with Crippen molar-refractivity contribution in [2.45, 2.75) is 6.54 Å². The molecule has 2 rings (SSSR count).